The maximum absolute atomic E-state index is 10.9. The predicted molar refractivity (Wildman–Crippen MR) is 69.9 cm³/mol. The average molecular weight is 263 g/mol. The molecule has 6 heteroatoms. The normalized spacial score (nSPS) is 10.6. The van der Waals surface area contributed by atoms with Gasteiger partial charge in [0.25, 0.3) is 0 Å². The van der Waals surface area contributed by atoms with Gasteiger partial charge in [-0.2, -0.15) is 0 Å². The molecule has 0 spiro atoms. The lowest BCUT2D eigenvalue weighted by molar-refractivity contribution is -0.392. The molecule has 5 nitrogen and oxygen atoms in total. The smallest absolute Gasteiger partial charge is 0.358 e. The quantitative estimate of drug-likeness (QED) is 0.630. The Labute approximate surface area is 109 Å². The number of nitro groups is 1. The van der Waals surface area contributed by atoms with Gasteiger partial charge in [0.05, 0.1) is 0 Å². The summed E-state index contributed by atoms with van der Waals surface area (Å²) in [5.41, 5.74) is 1.16. The van der Waals surface area contributed by atoms with Gasteiger partial charge in [0.1, 0.15) is 0 Å². The van der Waals surface area contributed by atoms with Gasteiger partial charge >= 0.3 is 5.82 Å². The van der Waals surface area contributed by atoms with E-state index in [1.165, 1.54) is 11.8 Å². The zero-order valence-electron chi connectivity index (χ0n) is 10.4. The number of aryl methyl sites for hydroxylation is 2. The first kappa shape index (κ1) is 12.6. The molecule has 1 aromatic heterocycles. The van der Waals surface area contributed by atoms with Crippen molar-refractivity contribution in [2.45, 2.75) is 23.8 Å². The van der Waals surface area contributed by atoms with Gasteiger partial charge in [0, 0.05) is 18.9 Å². The average Bonchev–Trinajstić information content (AvgIpc) is 2.60. The molecule has 0 saturated heterocycles. The first-order chi connectivity index (χ1) is 8.49. The summed E-state index contributed by atoms with van der Waals surface area (Å²) in [5.74, 6) is 0.553. The summed E-state index contributed by atoms with van der Waals surface area (Å²) in [7, 11) is 1.78. The van der Waals surface area contributed by atoms with E-state index in [-0.39, 0.29) is 5.82 Å². The third-order valence-electron chi connectivity index (χ3n) is 2.66. The van der Waals surface area contributed by atoms with Crippen molar-refractivity contribution in [1.82, 2.24) is 9.55 Å². The number of benzene rings is 1. The Balaban J connectivity index is 2.39. The van der Waals surface area contributed by atoms with E-state index >= 15 is 0 Å². The summed E-state index contributed by atoms with van der Waals surface area (Å²) in [6.45, 7) is 3.76. The molecule has 0 radical (unpaired) electrons. The number of hydrogen-bond donors (Lipinski definition) is 0. The highest BCUT2D eigenvalue weighted by Crippen LogP contribution is 2.34. The van der Waals surface area contributed by atoms with E-state index in [0.29, 0.717) is 10.9 Å². The van der Waals surface area contributed by atoms with Crippen LogP contribution in [0.2, 0.25) is 0 Å². The van der Waals surface area contributed by atoms with Crippen molar-refractivity contribution in [3.63, 3.8) is 0 Å². The molecule has 0 amide bonds. The van der Waals surface area contributed by atoms with E-state index in [2.05, 4.69) is 4.98 Å². The topological polar surface area (TPSA) is 61.0 Å². The largest absolute Gasteiger partial charge is 0.396 e. The first-order valence-electron chi connectivity index (χ1n) is 5.41. The Kier molecular flexibility index (Phi) is 3.38. The fourth-order valence-electron chi connectivity index (χ4n) is 1.52. The number of hydrogen-bond acceptors (Lipinski definition) is 4. The van der Waals surface area contributed by atoms with Crippen molar-refractivity contribution < 1.29 is 4.92 Å². The van der Waals surface area contributed by atoms with Crippen molar-refractivity contribution >= 4 is 17.6 Å². The number of aromatic nitrogens is 2. The second kappa shape index (κ2) is 4.81. The molecular weight excluding hydrogens is 250 g/mol. The highest BCUT2D eigenvalue weighted by atomic mass is 32.2. The van der Waals surface area contributed by atoms with Gasteiger partial charge in [0.2, 0.25) is 5.82 Å². The maximum Gasteiger partial charge on any atom is 0.396 e. The highest BCUT2D eigenvalue weighted by molar-refractivity contribution is 7.99. The summed E-state index contributed by atoms with van der Waals surface area (Å²) in [4.78, 5) is 15.4. The summed E-state index contributed by atoms with van der Waals surface area (Å²) in [5, 5.41) is 11.5. The lowest BCUT2D eigenvalue weighted by Gasteiger charge is -2.03. The Bertz CT molecular complexity index is 590. The van der Waals surface area contributed by atoms with Crippen molar-refractivity contribution in [2.75, 3.05) is 0 Å². The molecule has 0 saturated carbocycles. The van der Waals surface area contributed by atoms with Crippen LogP contribution >= 0.6 is 11.8 Å². The van der Waals surface area contributed by atoms with Crippen LogP contribution in [0.25, 0.3) is 0 Å². The molecule has 0 aliphatic heterocycles. The molecule has 0 N–H and O–H groups in total. The fourth-order valence-corrected chi connectivity index (χ4v) is 2.50. The van der Waals surface area contributed by atoms with Crippen LogP contribution in [-0.2, 0) is 7.05 Å². The monoisotopic (exact) mass is 263 g/mol. The van der Waals surface area contributed by atoms with Gasteiger partial charge in [-0.15, -0.1) is 0 Å². The van der Waals surface area contributed by atoms with Gasteiger partial charge in [-0.1, -0.05) is 29.5 Å². The standard InChI is InChI=1S/C12H13N3O2S/c1-8-4-6-10(7-5-8)18-12-11(15(16)17)13-9(2)14(12)3/h4-7H,1-3H3. The summed E-state index contributed by atoms with van der Waals surface area (Å²) >= 11 is 1.36. The first-order valence-corrected chi connectivity index (χ1v) is 6.23. The molecule has 1 aromatic carbocycles. The Hall–Kier alpha value is -1.82. The molecule has 2 aromatic rings. The van der Waals surface area contributed by atoms with Gasteiger partial charge in [-0.05, 0) is 29.0 Å². The lowest BCUT2D eigenvalue weighted by atomic mass is 10.2. The molecular formula is C12H13N3O2S. The lowest BCUT2D eigenvalue weighted by Crippen LogP contribution is -1.94. The highest BCUT2D eigenvalue weighted by Gasteiger charge is 2.24. The zero-order chi connectivity index (χ0) is 13.3. The molecule has 0 aliphatic rings. The molecule has 0 bridgehead atoms. The summed E-state index contributed by atoms with van der Waals surface area (Å²) in [6.07, 6.45) is 0. The van der Waals surface area contributed by atoms with Gasteiger partial charge in [-0.3, -0.25) is 4.57 Å². The minimum absolute atomic E-state index is 0.0828. The summed E-state index contributed by atoms with van der Waals surface area (Å²) < 4.78 is 1.74. The van der Waals surface area contributed by atoms with Crippen LogP contribution in [-0.4, -0.2) is 14.5 Å². The molecule has 0 atom stereocenters. The van der Waals surface area contributed by atoms with Crippen molar-refractivity contribution in [1.29, 1.82) is 0 Å². The van der Waals surface area contributed by atoms with Crippen molar-refractivity contribution in [3.8, 4) is 0 Å². The number of imidazole rings is 1. The number of nitrogens with zero attached hydrogens (tertiary/aromatic N) is 3. The molecule has 2 rings (SSSR count). The van der Waals surface area contributed by atoms with Crippen LogP contribution in [0.4, 0.5) is 5.82 Å². The van der Waals surface area contributed by atoms with Crippen LogP contribution in [0.15, 0.2) is 34.2 Å². The SMILES string of the molecule is Cc1ccc(Sc2c([N+](=O)[O-])nc(C)n2C)cc1. The molecule has 1 heterocycles. The Morgan fingerprint density at radius 2 is 1.89 bits per heavy atom. The molecule has 0 unspecified atom stereocenters. The molecule has 94 valence electrons. The van der Waals surface area contributed by atoms with Crippen LogP contribution in [0, 0.1) is 24.0 Å². The van der Waals surface area contributed by atoms with Gasteiger partial charge in [-0.25, -0.2) is 0 Å². The van der Waals surface area contributed by atoms with E-state index in [4.69, 9.17) is 0 Å². The van der Waals surface area contributed by atoms with Crippen LogP contribution in [0.1, 0.15) is 11.4 Å². The van der Waals surface area contributed by atoms with E-state index in [0.717, 1.165) is 10.5 Å². The van der Waals surface area contributed by atoms with Crippen LogP contribution < -0.4 is 0 Å². The molecule has 0 aliphatic carbocycles. The third kappa shape index (κ3) is 2.38. The van der Waals surface area contributed by atoms with E-state index in [9.17, 15) is 10.1 Å². The van der Waals surface area contributed by atoms with Crippen LogP contribution in [0.5, 0.6) is 0 Å². The Morgan fingerprint density at radius 1 is 1.28 bits per heavy atom. The zero-order valence-corrected chi connectivity index (χ0v) is 11.2. The van der Waals surface area contributed by atoms with Crippen molar-refractivity contribution in [3.05, 3.63) is 45.8 Å². The molecule has 18 heavy (non-hydrogen) atoms. The van der Waals surface area contributed by atoms with Crippen LogP contribution in [0.3, 0.4) is 0 Å². The minimum atomic E-state index is -0.441. The Morgan fingerprint density at radius 3 is 2.44 bits per heavy atom. The second-order valence-electron chi connectivity index (χ2n) is 4.02. The van der Waals surface area contributed by atoms with Gasteiger partial charge < -0.3 is 10.1 Å². The predicted octanol–water partition coefficient (Wildman–Crippen LogP) is 3.10. The van der Waals surface area contributed by atoms with E-state index in [1.807, 2.05) is 31.2 Å². The maximum atomic E-state index is 10.9. The summed E-state index contributed by atoms with van der Waals surface area (Å²) in [6, 6.07) is 7.87. The van der Waals surface area contributed by atoms with E-state index < -0.39 is 4.92 Å². The van der Waals surface area contributed by atoms with E-state index in [1.54, 1.807) is 18.5 Å². The van der Waals surface area contributed by atoms with Crippen molar-refractivity contribution in [2.24, 2.45) is 7.05 Å². The van der Waals surface area contributed by atoms with Gasteiger partial charge in [0.15, 0.2) is 5.03 Å². The second-order valence-corrected chi connectivity index (χ2v) is 5.08. The minimum Gasteiger partial charge on any atom is -0.358 e. The fraction of sp³-hybridized carbons (Fsp3) is 0.250. The molecule has 0 fully saturated rings. The number of rotatable bonds is 3. The third-order valence-corrected chi connectivity index (χ3v) is 3.82.